The third kappa shape index (κ3) is 4.84. The van der Waals surface area contributed by atoms with Gasteiger partial charge in [-0.05, 0) is 31.2 Å². The van der Waals surface area contributed by atoms with Crippen molar-refractivity contribution in [3.8, 4) is 17.7 Å². The van der Waals surface area contributed by atoms with Gasteiger partial charge in [-0.25, -0.2) is 13.4 Å². The Hall–Kier alpha value is -3.98. The van der Waals surface area contributed by atoms with E-state index < -0.39 is 39.4 Å². The summed E-state index contributed by atoms with van der Waals surface area (Å²) in [5.41, 5.74) is -0.128. The number of aromatic nitrogens is 1. The number of hydrogen-bond donors (Lipinski definition) is 1. The molecule has 12 heteroatoms. The maximum absolute atomic E-state index is 13.4. The summed E-state index contributed by atoms with van der Waals surface area (Å²) in [5.74, 6) is -2.39. The van der Waals surface area contributed by atoms with Crippen LogP contribution in [0.4, 0.5) is 5.69 Å². The summed E-state index contributed by atoms with van der Waals surface area (Å²) in [4.78, 5) is 43.6. The topological polar surface area (TPSA) is 156 Å². The average Bonchev–Trinajstić information content (AvgIpc) is 3.01. The minimum atomic E-state index is -3.71. The fourth-order valence-electron chi connectivity index (χ4n) is 3.62. The van der Waals surface area contributed by atoms with Gasteiger partial charge in [0.05, 0.1) is 59.7 Å². The fourth-order valence-corrected chi connectivity index (χ4v) is 4.51. The molecular formula is C22H22N4O7S. The number of hydrogen-bond acceptors (Lipinski definition) is 9. The molecule has 0 fully saturated rings. The smallest absolute Gasteiger partial charge is 0.264 e. The van der Waals surface area contributed by atoms with Gasteiger partial charge in [-0.15, -0.1) is 0 Å². The Morgan fingerprint density at radius 2 is 1.97 bits per heavy atom. The maximum atomic E-state index is 13.4. The van der Waals surface area contributed by atoms with Crippen molar-refractivity contribution in [1.29, 1.82) is 5.26 Å². The SMILES string of the molecule is CCOc1nc(C(CS(C)(=O)=O)N2C(=O)c3cc(C#N)cc(NC(C)=O)c3C2=O)ccc1OC. The number of pyridine rings is 1. The van der Waals surface area contributed by atoms with Gasteiger partial charge in [0.1, 0.15) is 9.84 Å². The molecule has 0 saturated heterocycles. The number of carbonyl (C=O) groups excluding carboxylic acids is 3. The maximum Gasteiger partial charge on any atom is 0.264 e. The van der Waals surface area contributed by atoms with Gasteiger partial charge in [0.25, 0.3) is 17.7 Å². The van der Waals surface area contributed by atoms with E-state index in [1.807, 2.05) is 6.07 Å². The quantitative estimate of drug-likeness (QED) is 0.549. The predicted octanol–water partition coefficient (Wildman–Crippen LogP) is 1.70. The number of nitrogens with one attached hydrogen (secondary N) is 1. The van der Waals surface area contributed by atoms with Crippen LogP contribution < -0.4 is 14.8 Å². The summed E-state index contributed by atoms with van der Waals surface area (Å²) >= 11 is 0. The van der Waals surface area contributed by atoms with Crippen LogP contribution in [0.3, 0.4) is 0 Å². The molecule has 1 aromatic carbocycles. The van der Waals surface area contributed by atoms with Crippen LogP contribution in [-0.2, 0) is 14.6 Å². The van der Waals surface area contributed by atoms with Crippen molar-refractivity contribution in [3.63, 3.8) is 0 Å². The molecule has 2 heterocycles. The molecule has 1 aromatic heterocycles. The number of benzene rings is 1. The number of methoxy groups -OCH3 is 1. The van der Waals surface area contributed by atoms with E-state index in [2.05, 4.69) is 10.3 Å². The normalized spacial score (nSPS) is 13.8. The van der Waals surface area contributed by atoms with E-state index in [4.69, 9.17) is 9.47 Å². The Morgan fingerprint density at radius 3 is 2.53 bits per heavy atom. The van der Waals surface area contributed by atoms with Crippen molar-refractivity contribution < 1.29 is 32.3 Å². The van der Waals surface area contributed by atoms with E-state index in [-0.39, 0.29) is 46.3 Å². The Kier molecular flexibility index (Phi) is 6.88. The number of amides is 3. The molecule has 0 radical (unpaired) electrons. The zero-order chi connectivity index (χ0) is 25.2. The highest BCUT2D eigenvalue weighted by molar-refractivity contribution is 7.90. The highest BCUT2D eigenvalue weighted by Gasteiger charge is 2.44. The van der Waals surface area contributed by atoms with E-state index in [1.165, 1.54) is 38.3 Å². The van der Waals surface area contributed by atoms with Crippen LogP contribution in [0.2, 0.25) is 0 Å². The zero-order valence-corrected chi connectivity index (χ0v) is 19.7. The zero-order valence-electron chi connectivity index (χ0n) is 18.9. The molecule has 0 spiro atoms. The van der Waals surface area contributed by atoms with Crippen molar-refractivity contribution in [1.82, 2.24) is 9.88 Å². The van der Waals surface area contributed by atoms with E-state index in [0.717, 1.165) is 11.2 Å². The molecule has 1 atom stereocenters. The lowest BCUT2D eigenvalue weighted by atomic mass is 10.0. The molecule has 0 aliphatic carbocycles. The molecule has 1 aliphatic heterocycles. The first-order valence-corrected chi connectivity index (χ1v) is 12.2. The van der Waals surface area contributed by atoms with Crippen LogP contribution in [0.1, 0.15) is 51.9 Å². The number of sulfone groups is 1. The van der Waals surface area contributed by atoms with Crippen molar-refractivity contribution in [2.24, 2.45) is 0 Å². The third-order valence-electron chi connectivity index (χ3n) is 4.92. The lowest BCUT2D eigenvalue weighted by molar-refractivity contribution is -0.114. The molecule has 1 aliphatic rings. The molecule has 1 N–H and O–H groups in total. The molecule has 34 heavy (non-hydrogen) atoms. The van der Waals surface area contributed by atoms with Crippen molar-refractivity contribution in [2.75, 3.05) is 31.0 Å². The summed E-state index contributed by atoms with van der Waals surface area (Å²) in [6, 6.07) is 6.02. The largest absolute Gasteiger partial charge is 0.491 e. The third-order valence-corrected chi connectivity index (χ3v) is 5.84. The second kappa shape index (κ2) is 9.48. The molecule has 0 bridgehead atoms. The molecule has 3 amide bonds. The summed E-state index contributed by atoms with van der Waals surface area (Å²) in [6.45, 7) is 3.18. The summed E-state index contributed by atoms with van der Waals surface area (Å²) < 4.78 is 35.2. The number of fused-ring (bicyclic) bond motifs is 1. The van der Waals surface area contributed by atoms with Crippen LogP contribution in [-0.4, -0.2) is 61.7 Å². The first-order valence-electron chi connectivity index (χ1n) is 10.1. The predicted molar refractivity (Wildman–Crippen MR) is 120 cm³/mol. The fraction of sp³-hybridized carbons (Fsp3) is 0.318. The molecule has 11 nitrogen and oxygen atoms in total. The van der Waals surface area contributed by atoms with Crippen LogP contribution in [0.5, 0.6) is 11.6 Å². The van der Waals surface area contributed by atoms with E-state index in [1.54, 1.807) is 6.92 Å². The van der Waals surface area contributed by atoms with E-state index in [0.29, 0.717) is 0 Å². The number of nitriles is 1. The lowest BCUT2D eigenvalue weighted by Gasteiger charge is -2.26. The monoisotopic (exact) mass is 486 g/mol. The van der Waals surface area contributed by atoms with Crippen LogP contribution in [0, 0.1) is 11.3 Å². The van der Waals surface area contributed by atoms with E-state index in [9.17, 15) is 28.1 Å². The van der Waals surface area contributed by atoms with Gasteiger partial charge < -0.3 is 14.8 Å². The van der Waals surface area contributed by atoms with Gasteiger partial charge >= 0.3 is 0 Å². The Labute approximate surface area is 196 Å². The first-order chi connectivity index (χ1) is 16.0. The minimum Gasteiger partial charge on any atom is -0.491 e. The highest BCUT2D eigenvalue weighted by Crippen LogP contribution is 2.37. The number of rotatable bonds is 8. The molecule has 2 aromatic rings. The summed E-state index contributed by atoms with van der Waals surface area (Å²) in [5, 5.41) is 11.8. The van der Waals surface area contributed by atoms with Crippen molar-refractivity contribution in [2.45, 2.75) is 19.9 Å². The molecule has 1 unspecified atom stereocenters. The van der Waals surface area contributed by atoms with Gasteiger partial charge in [-0.2, -0.15) is 5.26 Å². The lowest BCUT2D eigenvalue weighted by Crippen LogP contribution is -2.38. The number of imide groups is 1. The average molecular weight is 487 g/mol. The standard InChI is InChI=1S/C22H22N4O7S/c1-5-33-20-18(32-3)7-6-15(25-20)17(11-34(4,30)31)26-21(28)14-8-13(10-23)9-16(24-12(2)27)19(14)22(26)29/h6-9,17H,5,11H2,1-4H3,(H,24,27). The number of anilines is 1. The number of ether oxygens (including phenoxy) is 2. The number of nitrogens with zero attached hydrogens (tertiary/aromatic N) is 3. The first kappa shape index (κ1) is 24.7. The van der Waals surface area contributed by atoms with Gasteiger partial charge in [-0.1, -0.05) is 0 Å². The second-order valence-corrected chi connectivity index (χ2v) is 9.69. The van der Waals surface area contributed by atoms with Crippen LogP contribution in [0.25, 0.3) is 0 Å². The molecule has 178 valence electrons. The van der Waals surface area contributed by atoms with Gasteiger partial charge in [0.15, 0.2) is 5.75 Å². The molecule has 0 saturated carbocycles. The second-order valence-electron chi connectivity index (χ2n) is 7.50. The highest BCUT2D eigenvalue weighted by atomic mass is 32.2. The van der Waals surface area contributed by atoms with Gasteiger partial charge in [0, 0.05) is 13.2 Å². The van der Waals surface area contributed by atoms with Crippen LogP contribution in [0.15, 0.2) is 24.3 Å². The van der Waals surface area contributed by atoms with Crippen LogP contribution >= 0.6 is 0 Å². The van der Waals surface area contributed by atoms with Crippen molar-refractivity contribution >= 4 is 33.2 Å². The minimum absolute atomic E-state index is 0.0156. The number of carbonyl (C=O) groups is 3. The summed E-state index contributed by atoms with van der Waals surface area (Å²) in [6.07, 6.45) is 0.974. The van der Waals surface area contributed by atoms with E-state index >= 15 is 0 Å². The van der Waals surface area contributed by atoms with Crippen molar-refractivity contribution in [3.05, 3.63) is 46.6 Å². The van der Waals surface area contributed by atoms with Gasteiger partial charge in [-0.3, -0.25) is 19.3 Å². The molecule has 3 rings (SSSR count). The Balaban J connectivity index is 2.19. The Bertz CT molecular complexity index is 1330. The summed E-state index contributed by atoms with van der Waals surface area (Å²) in [7, 11) is -2.30. The Morgan fingerprint density at radius 1 is 1.26 bits per heavy atom. The van der Waals surface area contributed by atoms with Gasteiger partial charge in [0.2, 0.25) is 5.91 Å². The molecular weight excluding hydrogens is 464 g/mol.